The fourth-order valence-electron chi connectivity index (χ4n) is 1.74. The first kappa shape index (κ1) is 15.0. The van der Waals surface area contributed by atoms with Crippen LogP contribution in [0.5, 0.6) is 5.75 Å². The molecular weight excluding hydrogens is 275 g/mol. The van der Waals surface area contributed by atoms with E-state index >= 15 is 0 Å². The fourth-order valence-corrected chi connectivity index (χ4v) is 1.74. The van der Waals surface area contributed by atoms with Gasteiger partial charge in [0.2, 0.25) is 5.91 Å². The Balaban J connectivity index is 1.74. The van der Waals surface area contributed by atoms with Crippen molar-refractivity contribution < 1.29 is 13.9 Å². The Morgan fingerprint density at radius 2 is 2.10 bits per heavy atom. The van der Waals surface area contributed by atoms with Gasteiger partial charge in [0.05, 0.1) is 19.6 Å². The van der Waals surface area contributed by atoms with Crippen LogP contribution in [-0.2, 0) is 11.3 Å². The first-order valence-electron chi connectivity index (χ1n) is 6.55. The van der Waals surface area contributed by atoms with E-state index in [0.29, 0.717) is 23.9 Å². The Morgan fingerprint density at radius 1 is 1.38 bits per heavy atom. The second kappa shape index (κ2) is 6.83. The number of rotatable bonds is 6. The maximum Gasteiger partial charge on any atom is 0.226 e. The summed E-state index contributed by atoms with van der Waals surface area (Å²) in [6.07, 6.45) is 0.233. The van der Waals surface area contributed by atoms with Crippen LogP contribution in [0.15, 0.2) is 24.3 Å². The normalized spacial score (nSPS) is 10.4. The number of carbonyl (C=O) groups is 1. The lowest BCUT2D eigenvalue weighted by molar-refractivity contribution is -0.131. The summed E-state index contributed by atoms with van der Waals surface area (Å²) in [6, 6.07) is 5.68. The zero-order valence-corrected chi connectivity index (χ0v) is 12.0. The lowest BCUT2D eigenvalue weighted by atomic mass is 10.3. The van der Waals surface area contributed by atoms with Crippen molar-refractivity contribution in [1.29, 1.82) is 0 Å². The first-order chi connectivity index (χ1) is 10.0. The third-order valence-corrected chi connectivity index (χ3v) is 2.85. The molecule has 0 unspecified atom stereocenters. The summed E-state index contributed by atoms with van der Waals surface area (Å²) < 4.78 is 18.1. The minimum atomic E-state index is -0.319. The fraction of sp³-hybridized carbons (Fsp3) is 0.357. The molecule has 0 aliphatic rings. The van der Waals surface area contributed by atoms with Gasteiger partial charge >= 0.3 is 0 Å². The number of hydrogen-bond donors (Lipinski definition) is 1. The van der Waals surface area contributed by atoms with Gasteiger partial charge in [-0.15, -0.1) is 0 Å². The third-order valence-electron chi connectivity index (χ3n) is 2.85. The molecule has 1 N–H and O–H groups in total. The van der Waals surface area contributed by atoms with Gasteiger partial charge in [-0.3, -0.25) is 9.89 Å². The molecule has 7 heteroatoms. The number of ether oxygens (including phenoxy) is 1. The molecule has 0 bridgehead atoms. The van der Waals surface area contributed by atoms with Gasteiger partial charge in [0.25, 0.3) is 0 Å². The number of hydrogen-bond acceptors (Lipinski definition) is 4. The minimum Gasteiger partial charge on any atom is -0.493 e. The maximum atomic E-state index is 12.7. The monoisotopic (exact) mass is 292 g/mol. The van der Waals surface area contributed by atoms with Crippen molar-refractivity contribution in [3.8, 4) is 5.75 Å². The molecule has 1 aromatic carbocycles. The molecule has 0 atom stereocenters. The standard InChI is InChI=1S/C14H17FN4O2/c1-10-16-13(18-17-10)9-19(2)14(20)7-8-21-12-5-3-11(15)4-6-12/h3-6H,7-9H2,1-2H3,(H,16,17,18). The van der Waals surface area contributed by atoms with Gasteiger partial charge in [0.15, 0.2) is 5.82 Å². The summed E-state index contributed by atoms with van der Waals surface area (Å²) in [5.41, 5.74) is 0. The van der Waals surface area contributed by atoms with Crippen molar-refractivity contribution in [3.05, 3.63) is 41.7 Å². The molecule has 1 aromatic heterocycles. The van der Waals surface area contributed by atoms with Gasteiger partial charge in [-0.1, -0.05) is 0 Å². The molecule has 0 saturated heterocycles. The smallest absolute Gasteiger partial charge is 0.226 e. The number of nitrogens with one attached hydrogen (secondary N) is 1. The molecule has 2 rings (SSSR count). The van der Waals surface area contributed by atoms with Gasteiger partial charge in [0.1, 0.15) is 17.4 Å². The molecule has 1 amide bonds. The van der Waals surface area contributed by atoms with E-state index in [0.717, 1.165) is 0 Å². The Kier molecular flexibility index (Phi) is 4.86. The van der Waals surface area contributed by atoms with E-state index in [4.69, 9.17) is 4.74 Å². The van der Waals surface area contributed by atoms with Gasteiger partial charge in [-0.25, -0.2) is 9.37 Å². The predicted octanol–water partition coefficient (Wildman–Crippen LogP) is 1.68. The quantitative estimate of drug-likeness (QED) is 0.879. The number of carbonyl (C=O) groups excluding carboxylic acids is 1. The van der Waals surface area contributed by atoms with Crippen molar-refractivity contribution >= 4 is 5.91 Å². The average Bonchev–Trinajstić information content (AvgIpc) is 2.86. The van der Waals surface area contributed by atoms with Crippen LogP contribution < -0.4 is 4.74 Å². The molecule has 1 heterocycles. The molecule has 0 aliphatic carbocycles. The van der Waals surface area contributed by atoms with Gasteiger partial charge in [-0.05, 0) is 31.2 Å². The molecule has 2 aromatic rings. The topological polar surface area (TPSA) is 71.1 Å². The minimum absolute atomic E-state index is 0.0698. The number of H-pyrrole nitrogens is 1. The third kappa shape index (κ3) is 4.55. The number of aromatic nitrogens is 3. The second-order valence-electron chi connectivity index (χ2n) is 4.64. The van der Waals surface area contributed by atoms with Gasteiger partial charge in [-0.2, -0.15) is 5.10 Å². The van der Waals surface area contributed by atoms with Crippen LogP contribution >= 0.6 is 0 Å². The van der Waals surface area contributed by atoms with Gasteiger partial charge < -0.3 is 9.64 Å². The number of aryl methyl sites for hydroxylation is 1. The summed E-state index contributed by atoms with van der Waals surface area (Å²) in [6.45, 7) is 2.39. The van der Waals surface area contributed by atoms with E-state index in [1.165, 1.54) is 29.2 Å². The zero-order valence-electron chi connectivity index (χ0n) is 12.0. The summed E-state index contributed by atoms with van der Waals surface area (Å²) in [4.78, 5) is 17.6. The van der Waals surface area contributed by atoms with Crippen molar-refractivity contribution in [2.75, 3.05) is 13.7 Å². The molecule has 6 nitrogen and oxygen atoms in total. The summed E-state index contributed by atoms with van der Waals surface area (Å²) in [5, 5.41) is 6.71. The number of benzene rings is 1. The van der Waals surface area contributed by atoms with E-state index in [2.05, 4.69) is 15.2 Å². The van der Waals surface area contributed by atoms with Gasteiger partial charge in [0, 0.05) is 7.05 Å². The largest absolute Gasteiger partial charge is 0.493 e. The summed E-state index contributed by atoms with van der Waals surface area (Å²) in [7, 11) is 1.69. The highest BCUT2D eigenvalue weighted by Crippen LogP contribution is 2.11. The van der Waals surface area contributed by atoms with Crippen LogP contribution in [0.2, 0.25) is 0 Å². The maximum absolute atomic E-state index is 12.7. The predicted molar refractivity (Wildman–Crippen MR) is 74.1 cm³/mol. The zero-order chi connectivity index (χ0) is 15.2. The first-order valence-corrected chi connectivity index (χ1v) is 6.55. The Hall–Kier alpha value is -2.44. The van der Waals surface area contributed by atoms with Crippen LogP contribution in [0, 0.1) is 12.7 Å². The van der Waals surface area contributed by atoms with E-state index in [-0.39, 0.29) is 24.8 Å². The lowest BCUT2D eigenvalue weighted by Gasteiger charge is -2.15. The highest BCUT2D eigenvalue weighted by molar-refractivity contribution is 5.75. The van der Waals surface area contributed by atoms with Crippen LogP contribution in [0.25, 0.3) is 0 Å². The second-order valence-corrected chi connectivity index (χ2v) is 4.64. The van der Waals surface area contributed by atoms with Crippen molar-refractivity contribution in [2.45, 2.75) is 19.9 Å². The molecule has 21 heavy (non-hydrogen) atoms. The number of halogens is 1. The highest BCUT2D eigenvalue weighted by Gasteiger charge is 2.11. The van der Waals surface area contributed by atoms with E-state index in [1.54, 1.807) is 14.0 Å². The van der Waals surface area contributed by atoms with Crippen LogP contribution in [0.3, 0.4) is 0 Å². The summed E-state index contributed by atoms with van der Waals surface area (Å²) >= 11 is 0. The molecule has 0 spiro atoms. The lowest BCUT2D eigenvalue weighted by Crippen LogP contribution is -2.28. The molecular formula is C14H17FN4O2. The molecule has 112 valence electrons. The van der Waals surface area contributed by atoms with E-state index in [9.17, 15) is 9.18 Å². The van der Waals surface area contributed by atoms with Crippen LogP contribution in [-0.4, -0.2) is 39.6 Å². The number of aromatic amines is 1. The Bertz CT molecular complexity index is 597. The highest BCUT2D eigenvalue weighted by atomic mass is 19.1. The molecule has 0 radical (unpaired) electrons. The van der Waals surface area contributed by atoms with Crippen molar-refractivity contribution in [2.24, 2.45) is 0 Å². The van der Waals surface area contributed by atoms with Crippen LogP contribution in [0.1, 0.15) is 18.1 Å². The SMILES string of the molecule is Cc1nc(CN(C)C(=O)CCOc2ccc(F)cc2)n[nH]1. The molecule has 0 fully saturated rings. The Labute approximate surface area is 121 Å². The van der Waals surface area contributed by atoms with E-state index in [1.807, 2.05) is 0 Å². The average molecular weight is 292 g/mol. The van der Waals surface area contributed by atoms with Crippen LogP contribution in [0.4, 0.5) is 4.39 Å². The summed E-state index contributed by atoms with van der Waals surface area (Å²) in [5.74, 6) is 1.43. The number of nitrogens with zero attached hydrogens (tertiary/aromatic N) is 3. The van der Waals surface area contributed by atoms with Crippen molar-refractivity contribution in [3.63, 3.8) is 0 Å². The number of amides is 1. The molecule has 0 saturated carbocycles. The Morgan fingerprint density at radius 3 is 2.71 bits per heavy atom. The van der Waals surface area contributed by atoms with Crippen molar-refractivity contribution in [1.82, 2.24) is 20.1 Å². The molecule has 0 aliphatic heterocycles. The van der Waals surface area contributed by atoms with E-state index < -0.39 is 0 Å².